The monoisotopic (exact) mass is 623 g/mol. The summed E-state index contributed by atoms with van der Waals surface area (Å²) in [7, 11) is 0. The van der Waals surface area contributed by atoms with Crippen LogP contribution in [0.4, 0.5) is 0 Å². The molecule has 6 aromatic carbocycles. The van der Waals surface area contributed by atoms with Crippen LogP contribution in [0.1, 0.15) is 26.4 Å². The summed E-state index contributed by atoms with van der Waals surface area (Å²) in [6.07, 6.45) is 0. The van der Waals surface area contributed by atoms with Crippen molar-refractivity contribution >= 4 is 55.7 Å². The zero-order valence-electron chi connectivity index (χ0n) is 29.7. The van der Waals surface area contributed by atoms with Crippen LogP contribution in [0.5, 0.6) is 0 Å². The molecule has 0 saturated carbocycles. The molecule has 0 radical (unpaired) electrons. The lowest BCUT2D eigenvalue weighted by Gasteiger charge is -2.15. The van der Waals surface area contributed by atoms with E-state index in [1.165, 1.54) is 0 Å². The highest BCUT2D eigenvalue weighted by Gasteiger charge is 2.21. The molecule has 6 heteroatoms. The Balaban J connectivity index is 1.21. The first-order valence-corrected chi connectivity index (χ1v) is 16.2. The molecule has 0 fully saturated rings. The second kappa shape index (κ2) is 9.69. The van der Waals surface area contributed by atoms with E-state index in [9.17, 15) is 0 Å². The molecule has 10 rings (SSSR count). The fourth-order valence-electron chi connectivity index (χ4n) is 7.58. The minimum absolute atomic E-state index is 0.253. The molecule has 10 aromatic rings. The van der Waals surface area contributed by atoms with Gasteiger partial charge in [0.15, 0.2) is 0 Å². The van der Waals surface area contributed by atoms with Crippen molar-refractivity contribution in [2.75, 3.05) is 0 Å². The van der Waals surface area contributed by atoms with E-state index in [0.29, 0.717) is 11.3 Å². The maximum absolute atomic E-state index is 8.20. The van der Waals surface area contributed by atoms with Crippen LogP contribution in [0.2, 0.25) is 0 Å². The number of fused-ring (bicyclic) bond motifs is 10. The Kier molecular flexibility index (Phi) is 4.86. The van der Waals surface area contributed by atoms with Crippen molar-refractivity contribution in [1.29, 1.82) is 0 Å². The summed E-state index contributed by atoms with van der Waals surface area (Å²) in [4.78, 5) is 10.2. The third-order valence-electron chi connectivity index (χ3n) is 9.91. The molecule has 0 atom stereocenters. The smallest absolute Gasteiger partial charge is 0.220 e. The van der Waals surface area contributed by atoms with Crippen molar-refractivity contribution in [3.63, 3.8) is 0 Å². The number of hydrogen-bond donors (Lipinski definition) is 0. The maximum Gasteiger partial charge on any atom is 0.220 e. The van der Waals surface area contributed by atoms with Gasteiger partial charge in [-0.3, -0.25) is 17.9 Å². The standard InChI is InChI=1S/C42H32N6/c1-25-19-21-29(45-33-13-5-7-15-35(33)47-37-17-9-11-27(3)39(37)43-41(45)47)23-31(25)32-24-30(22-20-26(32)2)46-34-14-6-8-16-36(34)48-38-18-10-12-28(4)40(38)44-42(46)48/h5-24H,1-4H3/i3D3. The average molecular weight is 624 g/mol. The van der Waals surface area contributed by atoms with Crippen LogP contribution in [-0.2, 0) is 0 Å². The van der Waals surface area contributed by atoms with Crippen molar-refractivity contribution in [2.45, 2.75) is 27.6 Å². The van der Waals surface area contributed by atoms with Gasteiger partial charge in [-0.1, -0.05) is 60.7 Å². The van der Waals surface area contributed by atoms with Gasteiger partial charge in [0.2, 0.25) is 11.6 Å². The van der Waals surface area contributed by atoms with E-state index in [2.05, 4.69) is 130 Å². The molecule has 0 amide bonds. The first-order chi connectivity index (χ1) is 24.7. The Morgan fingerprint density at radius 2 is 0.875 bits per heavy atom. The molecule has 6 nitrogen and oxygen atoms in total. The maximum atomic E-state index is 8.20. The van der Waals surface area contributed by atoms with E-state index < -0.39 is 6.85 Å². The number of hydrogen-bond acceptors (Lipinski definition) is 2. The van der Waals surface area contributed by atoms with Crippen molar-refractivity contribution in [3.05, 3.63) is 144 Å². The molecule has 0 aliphatic heterocycles. The molecule has 0 aliphatic rings. The fourth-order valence-corrected chi connectivity index (χ4v) is 7.58. The molecule has 230 valence electrons. The largest absolute Gasteiger partial charge is 0.278 e. The van der Waals surface area contributed by atoms with Crippen LogP contribution >= 0.6 is 0 Å². The average Bonchev–Trinajstić information content (AvgIpc) is 3.86. The summed E-state index contributed by atoms with van der Waals surface area (Å²) in [5.74, 6) is 1.55. The Hall–Kier alpha value is -6.14. The molecule has 48 heavy (non-hydrogen) atoms. The second-order valence-corrected chi connectivity index (χ2v) is 12.8. The predicted octanol–water partition coefficient (Wildman–Crippen LogP) is 10.1. The van der Waals surface area contributed by atoms with Gasteiger partial charge in [-0.25, -0.2) is 9.97 Å². The highest BCUT2D eigenvalue weighted by atomic mass is 15.2. The van der Waals surface area contributed by atoms with Crippen LogP contribution in [0.3, 0.4) is 0 Å². The lowest BCUT2D eigenvalue weighted by Crippen LogP contribution is -1.99. The number of benzene rings is 6. The van der Waals surface area contributed by atoms with Gasteiger partial charge in [0.05, 0.1) is 44.1 Å². The van der Waals surface area contributed by atoms with E-state index in [1.54, 1.807) is 12.1 Å². The minimum Gasteiger partial charge on any atom is -0.278 e. The van der Waals surface area contributed by atoms with Gasteiger partial charge in [-0.05, 0) is 122 Å². The Morgan fingerprint density at radius 1 is 0.438 bits per heavy atom. The number of aromatic nitrogens is 6. The number of rotatable bonds is 3. The van der Waals surface area contributed by atoms with Gasteiger partial charge in [-0.15, -0.1) is 0 Å². The van der Waals surface area contributed by atoms with Gasteiger partial charge in [0, 0.05) is 15.5 Å². The van der Waals surface area contributed by atoms with Gasteiger partial charge in [0.1, 0.15) is 0 Å². The Morgan fingerprint density at radius 3 is 1.38 bits per heavy atom. The molecule has 4 aromatic heterocycles. The zero-order valence-corrected chi connectivity index (χ0v) is 26.7. The second-order valence-electron chi connectivity index (χ2n) is 12.8. The Labute approximate surface area is 281 Å². The summed E-state index contributed by atoms with van der Waals surface area (Å²) in [6.45, 7) is 4.13. The lowest BCUT2D eigenvalue weighted by atomic mass is 9.95. The van der Waals surface area contributed by atoms with E-state index in [1.807, 2.05) is 18.2 Å². The minimum atomic E-state index is -2.28. The molecular weight excluding hydrogens is 589 g/mol. The molecule has 0 saturated heterocycles. The van der Waals surface area contributed by atoms with E-state index in [0.717, 1.165) is 83.6 Å². The summed E-state index contributed by atoms with van der Waals surface area (Å²) in [5, 5.41) is 0. The van der Waals surface area contributed by atoms with Gasteiger partial charge < -0.3 is 0 Å². The van der Waals surface area contributed by atoms with Crippen LogP contribution in [0.15, 0.2) is 121 Å². The number of aryl methyl sites for hydroxylation is 4. The third-order valence-corrected chi connectivity index (χ3v) is 9.91. The molecule has 0 bridgehead atoms. The van der Waals surface area contributed by atoms with E-state index in [-0.39, 0.29) is 5.56 Å². The van der Waals surface area contributed by atoms with E-state index in [4.69, 9.17) is 14.1 Å². The van der Waals surface area contributed by atoms with Crippen LogP contribution in [0.25, 0.3) is 78.2 Å². The first kappa shape index (κ1) is 24.1. The van der Waals surface area contributed by atoms with Crippen molar-refractivity contribution in [3.8, 4) is 22.5 Å². The molecule has 0 unspecified atom stereocenters. The number of nitrogens with zero attached hydrogens (tertiary/aromatic N) is 6. The summed E-state index contributed by atoms with van der Waals surface area (Å²) >= 11 is 0. The summed E-state index contributed by atoms with van der Waals surface area (Å²) < 4.78 is 33.3. The van der Waals surface area contributed by atoms with Crippen molar-refractivity contribution in [2.24, 2.45) is 0 Å². The van der Waals surface area contributed by atoms with Crippen LogP contribution < -0.4 is 0 Å². The highest BCUT2D eigenvalue weighted by Crippen LogP contribution is 2.36. The summed E-state index contributed by atoms with van der Waals surface area (Å²) in [6, 6.07) is 41.6. The number of imidazole rings is 4. The SMILES string of the molecule is [2H]C([2H])([2H])c1cccc2c1nc1n(-c3ccc(C)c(-c4cc(-n5c6ccccc6n6c7cccc(C)c7nc56)ccc4C)c3)c3ccccc3n21. The van der Waals surface area contributed by atoms with Gasteiger partial charge in [-0.2, -0.15) is 0 Å². The fraction of sp³-hybridized carbons (Fsp3) is 0.0952. The molecule has 0 spiro atoms. The topological polar surface area (TPSA) is 44.5 Å². The molecule has 0 aliphatic carbocycles. The molecular formula is C42H32N6. The van der Waals surface area contributed by atoms with Crippen LogP contribution in [-0.4, -0.2) is 27.9 Å². The highest BCUT2D eigenvalue weighted by molar-refractivity contribution is 5.95. The van der Waals surface area contributed by atoms with Crippen LogP contribution in [0, 0.1) is 27.6 Å². The molecule has 0 N–H and O–H groups in total. The van der Waals surface area contributed by atoms with Crippen molar-refractivity contribution < 1.29 is 4.11 Å². The normalized spacial score (nSPS) is 13.4. The number of para-hydroxylation sites is 6. The lowest BCUT2D eigenvalue weighted by molar-refractivity contribution is 1.10. The van der Waals surface area contributed by atoms with Gasteiger partial charge >= 0.3 is 0 Å². The first-order valence-electron chi connectivity index (χ1n) is 17.7. The summed E-state index contributed by atoms with van der Waals surface area (Å²) in [5.41, 5.74) is 15.4. The van der Waals surface area contributed by atoms with Gasteiger partial charge in [0.25, 0.3) is 0 Å². The zero-order chi connectivity index (χ0) is 34.8. The van der Waals surface area contributed by atoms with E-state index >= 15 is 0 Å². The predicted molar refractivity (Wildman–Crippen MR) is 197 cm³/mol. The molecule has 4 heterocycles. The Bertz CT molecular complexity index is 3060. The third kappa shape index (κ3) is 3.57. The van der Waals surface area contributed by atoms with Crippen molar-refractivity contribution in [1.82, 2.24) is 27.9 Å². The quantitative estimate of drug-likeness (QED) is 0.197.